The van der Waals surface area contributed by atoms with Crippen LogP contribution < -0.4 is 0 Å². The molecule has 0 saturated heterocycles. The number of carbonyl (C=O) groups excluding carboxylic acids is 1. The maximum Gasteiger partial charge on any atom is 0.357 e. The molecule has 1 heterocycles. The Bertz CT molecular complexity index is 435. The summed E-state index contributed by atoms with van der Waals surface area (Å²) in [5.41, 5.74) is 0.138. The first kappa shape index (κ1) is 13.5. The summed E-state index contributed by atoms with van der Waals surface area (Å²) >= 11 is 1.55. The Hall–Kier alpha value is -0.940. The van der Waals surface area contributed by atoms with Gasteiger partial charge in [0.05, 0.1) is 7.11 Å². The number of nitrogens with zero attached hydrogens (tertiary/aromatic N) is 1. The molecule has 0 amide bonds. The van der Waals surface area contributed by atoms with Crippen molar-refractivity contribution in [3.05, 3.63) is 15.6 Å². The number of rotatable bonds is 3. The predicted molar refractivity (Wildman–Crippen MR) is 70.0 cm³/mol. The van der Waals surface area contributed by atoms with Gasteiger partial charge in [0.15, 0.2) is 5.69 Å². The van der Waals surface area contributed by atoms with E-state index in [4.69, 9.17) is 9.47 Å². The molecule has 0 aliphatic heterocycles. The molecule has 0 aromatic carbocycles. The van der Waals surface area contributed by atoms with Crippen molar-refractivity contribution in [2.24, 2.45) is 0 Å². The monoisotopic (exact) mass is 269 g/mol. The lowest BCUT2D eigenvalue weighted by molar-refractivity contribution is -0.0447. The highest BCUT2D eigenvalue weighted by molar-refractivity contribution is 7.12. The van der Waals surface area contributed by atoms with Crippen molar-refractivity contribution >= 4 is 17.3 Å². The van der Waals surface area contributed by atoms with Crippen LogP contribution in [0.4, 0.5) is 0 Å². The van der Waals surface area contributed by atoms with Crippen molar-refractivity contribution in [1.82, 2.24) is 4.98 Å². The first-order chi connectivity index (χ1) is 8.63. The molecule has 2 rings (SSSR count). The summed E-state index contributed by atoms with van der Waals surface area (Å²) in [6, 6.07) is 0. The number of methoxy groups -OCH3 is 2. The summed E-state index contributed by atoms with van der Waals surface area (Å²) in [4.78, 5) is 17.0. The summed E-state index contributed by atoms with van der Waals surface area (Å²) in [6.07, 6.45) is 5.52. The van der Waals surface area contributed by atoms with Crippen molar-refractivity contribution in [2.45, 2.75) is 44.6 Å². The molecular formula is C13H19NO3S. The molecule has 1 aromatic heterocycles. The molecule has 1 fully saturated rings. The lowest BCUT2D eigenvalue weighted by Gasteiger charge is -2.34. The van der Waals surface area contributed by atoms with Gasteiger partial charge in [-0.3, -0.25) is 0 Å². The molecule has 0 N–H and O–H groups in total. The van der Waals surface area contributed by atoms with E-state index < -0.39 is 0 Å². The average Bonchev–Trinajstić information content (AvgIpc) is 2.81. The summed E-state index contributed by atoms with van der Waals surface area (Å²) in [5.74, 6) is -0.364. The Morgan fingerprint density at radius 1 is 1.28 bits per heavy atom. The van der Waals surface area contributed by atoms with Crippen LogP contribution in [0.1, 0.15) is 52.5 Å². The van der Waals surface area contributed by atoms with Crippen molar-refractivity contribution in [3.8, 4) is 0 Å². The van der Waals surface area contributed by atoms with Gasteiger partial charge in [-0.05, 0) is 19.8 Å². The van der Waals surface area contributed by atoms with E-state index in [1.165, 1.54) is 13.5 Å². The highest BCUT2D eigenvalue weighted by Crippen LogP contribution is 2.42. The standard InChI is InChI=1S/C13H19NO3S/c1-9-10(11(15)16-2)14-12(18-9)13(17-3)7-5-4-6-8-13/h4-8H2,1-3H3. The third-order valence-electron chi connectivity index (χ3n) is 3.62. The first-order valence-corrected chi connectivity index (χ1v) is 7.06. The molecular weight excluding hydrogens is 250 g/mol. The molecule has 0 spiro atoms. The Morgan fingerprint density at radius 2 is 1.94 bits per heavy atom. The van der Waals surface area contributed by atoms with E-state index in [-0.39, 0.29) is 11.6 Å². The molecule has 1 saturated carbocycles. The number of hydrogen-bond donors (Lipinski definition) is 0. The Kier molecular flexibility index (Phi) is 4.02. The molecule has 1 aliphatic carbocycles. The zero-order valence-corrected chi connectivity index (χ0v) is 11.9. The van der Waals surface area contributed by atoms with Crippen LogP contribution in [0.2, 0.25) is 0 Å². The predicted octanol–water partition coefficient (Wildman–Crippen LogP) is 3.04. The third-order valence-corrected chi connectivity index (χ3v) is 4.77. The zero-order valence-electron chi connectivity index (χ0n) is 11.1. The number of aryl methyl sites for hydroxylation is 1. The molecule has 5 heteroatoms. The smallest absolute Gasteiger partial charge is 0.357 e. The lowest BCUT2D eigenvalue weighted by atomic mass is 9.85. The second-order valence-electron chi connectivity index (χ2n) is 4.67. The quantitative estimate of drug-likeness (QED) is 0.791. The van der Waals surface area contributed by atoms with Crippen LogP contribution in [0.5, 0.6) is 0 Å². The Labute approximate surface area is 111 Å². The van der Waals surface area contributed by atoms with Gasteiger partial charge >= 0.3 is 5.97 Å². The number of carbonyl (C=O) groups is 1. The summed E-state index contributed by atoms with van der Waals surface area (Å²) < 4.78 is 10.5. The summed E-state index contributed by atoms with van der Waals surface area (Å²) in [7, 11) is 3.12. The van der Waals surface area contributed by atoms with Gasteiger partial charge in [0.1, 0.15) is 10.6 Å². The zero-order chi connectivity index (χ0) is 13.2. The van der Waals surface area contributed by atoms with Gasteiger partial charge in [-0.2, -0.15) is 0 Å². The SMILES string of the molecule is COC(=O)c1nc(C2(OC)CCCCC2)sc1C. The molecule has 100 valence electrons. The van der Waals surface area contributed by atoms with Crippen LogP contribution in [-0.4, -0.2) is 25.2 Å². The van der Waals surface area contributed by atoms with Crippen LogP contribution in [-0.2, 0) is 15.1 Å². The van der Waals surface area contributed by atoms with Gasteiger partial charge in [0.2, 0.25) is 0 Å². The van der Waals surface area contributed by atoms with E-state index in [1.54, 1.807) is 18.4 Å². The van der Waals surface area contributed by atoms with Gasteiger partial charge < -0.3 is 9.47 Å². The fourth-order valence-corrected chi connectivity index (χ4v) is 3.63. The van der Waals surface area contributed by atoms with Gasteiger partial charge in [-0.25, -0.2) is 9.78 Å². The third kappa shape index (κ3) is 2.29. The minimum Gasteiger partial charge on any atom is -0.464 e. The Morgan fingerprint density at radius 3 is 2.50 bits per heavy atom. The Balaban J connectivity index is 2.34. The topological polar surface area (TPSA) is 48.4 Å². The molecule has 1 aromatic rings. The second-order valence-corrected chi connectivity index (χ2v) is 5.88. The van der Waals surface area contributed by atoms with E-state index in [0.717, 1.165) is 35.6 Å². The normalized spacial score (nSPS) is 18.6. The van der Waals surface area contributed by atoms with E-state index in [9.17, 15) is 4.79 Å². The second kappa shape index (κ2) is 5.36. The minimum atomic E-state index is -0.364. The fourth-order valence-electron chi connectivity index (χ4n) is 2.51. The first-order valence-electron chi connectivity index (χ1n) is 6.24. The fraction of sp³-hybridized carbons (Fsp3) is 0.692. The van der Waals surface area contributed by atoms with Crippen molar-refractivity contribution in [3.63, 3.8) is 0 Å². The molecule has 0 radical (unpaired) electrons. The van der Waals surface area contributed by atoms with E-state index in [2.05, 4.69) is 4.98 Å². The van der Waals surface area contributed by atoms with Crippen LogP contribution in [0.3, 0.4) is 0 Å². The largest absolute Gasteiger partial charge is 0.464 e. The summed E-state index contributed by atoms with van der Waals surface area (Å²) in [5, 5.41) is 0.919. The molecule has 4 nitrogen and oxygen atoms in total. The average molecular weight is 269 g/mol. The molecule has 0 bridgehead atoms. The number of aromatic nitrogens is 1. The van der Waals surface area contributed by atoms with E-state index in [0.29, 0.717) is 5.69 Å². The minimum absolute atomic E-state index is 0.292. The van der Waals surface area contributed by atoms with Crippen molar-refractivity contribution < 1.29 is 14.3 Å². The molecule has 0 atom stereocenters. The van der Waals surface area contributed by atoms with E-state index >= 15 is 0 Å². The van der Waals surface area contributed by atoms with E-state index in [1.807, 2.05) is 6.92 Å². The van der Waals surface area contributed by atoms with Crippen LogP contribution in [0.15, 0.2) is 0 Å². The van der Waals surface area contributed by atoms with Crippen LogP contribution in [0.25, 0.3) is 0 Å². The van der Waals surface area contributed by atoms with Crippen LogP contribution in [0, 0.1) is 6.92 Å². The van der Waals surface area contributed by atoms with Gasteiger partial charge in [0, 0.05) is 12.0 Å². The lowest BCUT2D eigenvalue weighted by Crippen LogP contribution is -2.31. The highest BCUT2D eigenvalue weighted by atomic mass is 32.1. The number of thiazole rings is 1. The van der Waals surface area contributed by atoms with Crippen molar-refractivity contribution in [1.29, 1.82) is 0 Å². The van der Waals surface area contributed by atoms with Gasteiger partial charge in [0.25, 0.3) is 0 Å². The van der Waals surface area contributed by atoms with Gasteiger partial charge in [-0.1, -0.05) is 19.3 Å². The number of ether oxygens (including phenoxy) is 2. The van der Waals surface area contributed by atoms with Gasteiger partial charge in [-0.15, -0.1) is 11.3 Å². The summed E-state index contributed by atoms with van der Waals surface area (Å²) in [6.45, 7) is 1.90. The molecule has 1 aliphatic rings. The maximum absolute atomic E-state index is 11.6. The highest BCUT2D eigenvalue weighted by Gasteiger charge is 2.37. The molecule has 0 unspecified atom stereocenters. The maximum atomic E-state index is 11.6. The van der Waals surface area contributed by atoms with Crippen molar-refractivity contribution in [2.75, 3.05) is 14.2 Å². The number of hydrogen-bond acceptors (Lipinski definition) is 5. The molecule has 18 heavy (non-hydrogen) atoms. The van der Waals surface area contributed by atoms with Crippen LogP contribution >= 0.6 is 11.3 Å². The number of esters is 1.